The maximum Gasteiger partial charge on any atom is 0.335 e. The standard InChI is InChI=1S/C21H13BrClN3O4S/c22-15-4-2-6-18(12-15)31(29,30)20-19(13-7-9-16(23)10-8-13)26(25-24-20)17-5-1-3-14(11-17)21(27)28/h1-12H,(H,27,28). The van der Waals surface area contributed by atoms with Gasteiger partial charge in [0.2, 0.25) is 14.9 Å². The number of carbonyl (C=O) groups is 1. The van der Waals surface area contributed by atoms with Crippen LogP contribution in [0.15, 0.2) is 87.2 Å². The van der Waals surface area contributed by atoms with Gasteiger partial charge in [0.25, 0.3) is 0 Å². The predicted molar refractivity (Wildman–Crippen MR) is 118 cm³/mol. The average Bonchev–Trinajstić information content (AvgIpc) is 3.20. The predicted octanol–water partition coefficient (Wildman–Crippen LogP) is 4.88. The number of hydrogen-bond donors (Lipinski definition) is 1. The maximum absolute atomic E-state index is 13.4. The third-order valence-electron chi connectivity index (χ3n) is 4.46. The molecule has 1 aromatic heterocycles. The van der Waals surface area contributed by atoms with Crippen molar-refractivity contribution < 1.29 is 18.3 Å². The topological polar surface area (TPSA) is 102 Å². The molecule has 0 radical (unpaired) electrons. The Bertz CT molecular complexity index is 1400. The summed E-state index contributed by atoms with van der Waals surface area (Å²) in [7, 11) is -4.04. The van der Waals surface area contributed by atoms with E-state index in [1.807, 2.05) is 0 Å². The SMILES string of the molecule is O=C(O)c1cccc(-n2nnc(S(=O)(=O)c3cccc(Br)c3)c2-c2ccc(Cl)cc2)c1. The molecular formula is C21H13BrClN3O4S. The highest BCUT2D eigenvalue weighted by Crippen LogP contribution is 2.33. The number of aromatic carboxylic acids is 1. The van der Waals surface area contributed by atoms with Crippen molar-refractivity contribution in [2.75, 3.05) is 0 Å². The Kier molecular flexibility index (Phi) is 5.65. The molecule has 0 aliphatic rings. The van der Waals surface area contributed by atoms with Gasteiger partial charge in [-0.05, 0) is 48.5 Å². The molecule has 31 heavy (non-hydrogen) atoms. The quantitative estimate of drug-likeness (QED) is 0.404. The van der Waals surface area contributed by atoms with E-state index in [-0.39, 0.29) is 21.2 Å². The minimum atomic E-state index is -4.04. The van der Waals surface area contributed by atoms with Crippen molar-refractivity contribution in [3.63, 3.8) is 0 Å². The Morgan fingerprint density at radius 2 is 1.71 bits per heavy atom. The zero-order chi connectivity index (χ0) is 22.2. The van der Waals surface area contributed by atoms with E-state index in [1.54, 1.807) is 48.5 Å². The van der Waals surface area contributed by atoms with Crippen LogP contribution in [0.25, 0.3) is 16.9 Å². The molecule has 1 heterocycles. The Labute approximate surface area is 191 Å². The number of carboxylic acids is 1. The molecule has 7 nitrogen and oxygen atoms in total. The summed E-state index contributed by atoms with van der Waals surface area (Å²) >= 11 is 9.29. The number of benzene rings is 3. The van der Waals surface area contributed by atoms with Gasteiger partial charge in [0.05, 0.1) is 16.1 Å². The molecule has 0 amide bonds. The van der Waals surface area contributed by atoms with Gasteiger partial charge in [-0.1, -0.05) is 57.0 Å². The Hall–Kier alpha value is -3.01. The zero-order valence-electron chi connectivity index (χ0n) is 15.6. The van der Waals surface area contributed by atoms with Gasteiger partial charge in [-0.2, -0.15) is 0 Å². The van der Waals surface area contributed by atoms with Crippen LogP contribution in [0.5, 0.6) is 0 Å². The van der Waals surface area contributed by atoms with Crippen molar-refractivity contribution in [3.8, 4) is 16.9 Å². The van der Waals surface area contributed by atoms with Gasteiger partial charge in [0, 0.05) is 15.1 Å². The van der Waals surface area contributed by atoms with Gasteiger partial charge in [-0.25, -0.2) is 17.9 Å². The molecule has 0 saturated heterocycles. The van der Waals surface area contributed by atoms with Gasteiger partial charge in [-0.3, -0.25) is 0 Å². The fourth-order valence-electron chi connectivity index (χ4n) is 3.00. The molecule has 4 aromatic rings. The first-order chi connectivity index (χ1) is 14.8. The van der Waals surface area contributed by atoms with E-state index < -0.39 is 15.8 Å². The molecule has 0 atom stereocenters. The van der Waals surface area contributed by atoms with Crippen LogP contribution in [0.2, 0.25) is 5.02 Å². The van der Waals surface area contributed by atoms with Gasteiger partial charge in [0.1, 0.15) is 5.69 Å². The largest absolute Gasteiger partial charge is 0.478 e. The van der Waals surface area contributed by atoms with E-state index in [0.717, 1.165) is 0 Å². The van der Waals surface area contributed by atoms with Crippen molar-refractivity contribution in [1.82, 2.24) is 15.0 Å². The molecule has 10 heteroatoms. The van der Waals surface area contributed by atoms with E-state index in [2.05, 4.69) is 26.2 Å². The number of nitrogens with zero attached hydrogens (tertiary/aromatic N) is 3. The number of sulfone groups is 1. The molecule has 3 aromatic carbocycles. The van der Waals surface area contributed by atoms with Gasteiger partial charge in [-0.15, -0.1) is 5.10 Å². The number of hydrogen-bond acceptors (Lipinski definition) is 5. The van der Waals surface area contributed by atoms with Crippen LogP contribution in [-0.4, -0.2) is 34.5 Å². The lowest BCUT2D eigenvalue weighted by atomic mass is 10.1. The lowest BCUT2D eigenvalue weighted by Gasteiger charge is -2.10. The first-order valence-corrected chi connectivity index (χ1v) is 11.5. The Morgan fingerprint density at radius 3 is 2.39 bits per heavy atom. The first-order valence-electron chi connectivity index (χ1n) is 8.83. The molecule has 156 valence electrons. The van der Waals surface area contributed by atoms with Crippen LogP contribution in [0.1, 0.15) is 10.4 Å². The molecule has 0 fully saturated rings. The van der Waals surface area contributed by atoms with E-state index in [4.69, 9.17) is 11.6 Å². The van der Waals surface area contributed by atoms with Crippen LogP contribution in [0.4, 0.5) is 0 Å². The summed E-state index contributed by atoms with van der Waals surface area (Å²) in [5.74, 6) is -1.11. The summed E-state index contributed by atoms with van der Waals surface area (Å²) in [5, 5.41) is 17.6. The molecule has 4 rings (SSSR count). The second kappa shape index (κ2) is 8.26. The molecule has 0 spiro atoms. The van der Waals surface area contributed by atoms with E-state index >= 15 is 0 Å². The Morgan fingerprint density at radius 1 is 1.00 bits per heavy atom. The van der Waals surface area contributed by atoms with Crippen molar-refractivity contribution in [1.29, 1.82) is 0 Å². The lowest BCUT2D eigenvalue weighted by molar-refractivity contribution is 0.0697. The lowest BCUT2D eigenvalue weighted by Crippen LogP contribution is -2.06. The molecule has 0 saturated carbocycles. The molecular weight excluding hydrogens is 506 g/mol. The van der Waals surface area contributed by atoms with Crippen LogP contribution >= 0.6 is 27.5 Å². The van der Waals surface area contributed by atoms with E-state index in [1.165, 1.54) is 28.9 Å². The third kappa shape index (κ3) is 4.12. The summed E-state index contributed by atoms with van der Waals surface area (Å²) < 4.78 is 28.7. The molecule has 0 aliphatic heterocycles. The van der Waals surface area contributed by atoms with Crippen LogP contribution in [-0.2, 0) is 9.84 Å². The highest BCUT2D eigenvalue weighted by atomic mass is 79.9. The molecule has 0 unspecified atom stereocenters. The smallest absolute Gasteiger partial charge is 0.335 e. The normalized spacial score (nSPS) is 11.4. The number of carboxylic acid groups (broad SMARTS) is 1. The number of aromatic nitrogens is 3. The molecule has 0 bridgehead atoms. The van der Waals surface area contributed by atoms with Crippen molar-refractivity contribution in [3.05, 3.63) is 87.9 Å². The van der Waals surface area contributed by atoms with Crippen molar-refractivity contribution in [2.24, 2.45) is 0 Å². The van der Waals surface area contributed by atoms with Gasteiger partial charge in [0.15, 0.2) is 0 Å². The summed E-state index contributed by atoms with van der Waals surface area (Å²) in [4.78, 5) is 11.4. The van der Waals surface area contributed by atoms with Crippen molar-refractivity contribution >= 4 is 43.3 Å². The van der Waals surface area contributed by atoms with E-state index in [0.29, 0.717) is 20.7 Å². The second-order valence-electron chi connectivity index (χ2n) is 6.48. The third-order valence-corrected chi connectivity index (χ3v) is 6.86. The van der Waals surface area contributed by atoms with Gasteiger partial charge < -0.3 is 5.11 Å². The Balaban J connectivity index is 1.99. The van der Waals surface area contributed by atoms with E-state index in [9.17, 15) is 18.3 Å². The zero-order valence-corrected chi connectivity index (χ0v) is 18.8. The second-order valence-corrected chi connectivity index (χ2v) is 9.70. The van der Waals surface area contributed by atoms with Gasteiger partial charge >= 0.3 is 5.97 Å². The molecule has 1 N–H and O–H groups in total. The number of halogens is 2. The summed E-state index contributed by atoms with van der Waals surface area (Å²) in [6.07, 6.45) is 0. The minimum absolute atomic E-state index is 0.0338. The van der Waals surface area contributed by atoms with Crippen LogP contribution < -0.4 is 0 Å². The minimum Gasteiger partial charge on any atom is -0.478 e. The highest BCUT2D eigenvalue weighted by molar-refractivity contribution is 9.10. The highest BCUT2D eigenvalue weighted by Gasteiger charge is 2.29. The van der Waals surface area contributed by atoms with Crippen LogP contribution in [0, 0.1) is 0 Å². The fraction of sp³-hybridized carbons (Fsp3) is 0. The summed E-state index contributed by atoms with van der Waals surface area (Å²) in [6, 6.07) is 18.8. The first kappa shape index (κ1) is 21.2. The summed E-state index contributed by atoms with van der Waals surface area (Å²) in [6.45, 7) is 0. The fourth-order valence-corrected chi connectivity index (χ4v) is 5.04. The number of rotatable bonds is 5. The molecule has 0 aliphatic carbocycles. The average molecular weight is 519 g/mol. The maximum atomic E-state index is 13.4. The summed E-state index contributed by atoms with van der Waals surface area (Å²) in [5.41, 5.74) is 1.09. The monoisotopic (exact) mass is 517 g/mol. The van der Waals surface area contributed by atoms with Crippen LogP contribution in [0.3, 0.4) is 0 Å². The van der Waals surface area contributed by atoms with Crippen molar-refractivity contribution in [2.45, 2.75) is 9.92 Å².